The fourth-order valence-electron chi connectivity index (χ4n) is 4.04. The summed E-state index contributed by atoms with van der Waals surface area (Å²) in [6.45, 7) is 0. The molecule has 5 aromatic rings. The van der Waals surface area contributed by atoms with E-state index in [1.165, 1.54) is 24.3 Å². The molecule has 0 unspecified atom stereocenters. The van der Waals surface area contributed by atoms with E-state index in [2.05, 4.69) is 0 Å². The molecule has 0 saturated carbocycles. The number of para-hydroxylation sites is 1. The molecule has 0 fully saturated rings. The van der Waals surface area contributed by atoms with Crippen LogP contribution in [0.2, 0.25) is 0 Å². The van der Waals surface area contributed by atoms with Gasteiger partial charge in [-0.2, -0.15) is 0 Å². The largest absolute Gasteiger partial charge is 0.423 e. The zero-order chi connectivity index (χ0) is 22.8. The molecule has 0 aliphatic rings. The van der Waals surface area contributed by atoms with Crippen LogP contribution in [0.25, 0.3) is 33.0 Å². The monoisotopic (exact) mass is 436 g/mol. The van der Waals surface area contributed by atoms with Crippen molar-refractivity contribution < 1.29 is 18.3 Å². The lowest BCUT2D eigenvalue weighted by Crippen LogP contribution is -2.11. The topological polar surface area (TPSA) is 26.3 Å². The number of carbonyl (C=O) groups excluding carboxylic acids is 1. The predicted octanol–water partition coefficient (Wildman–Crippen LogP) is 7.67. The quantitative estimate of drug-likeness (QED) is 0.213. The Morgan fingerprint density at radius 2 is 1.21 bits per heavy atom. The summed E-state index contributed by atoms with van der Waals surface area (Å²) in [5.41, 5.74) is 2.70. The van der Waals surface area contributed by atoms with E-state index < -0.39 is 11.8 Å². The second kappa shape index (κ2) is 8.67. The van der Waals surface area contributed by atoms with E-state index in [1.807, 2.05) is 30.3 Å². The summed E-state index contributed by atoms with van der Waals surface area (Å²) in [6, 6.07) is 30.3. The first-order chi connectivity index (χ1) is 16.1. The molecular weight excluding hydrogens is 418 g/mol. The van der Waals surface area contributed by atoms with Crippen LogP contribution in [0.15, 0.2) is 109 Å². The van der Waals surface area contributed by atoms with Crippen molar-refractivity contribution in [3.05, 3.63) is 126 Å². The van der Waals surface area contributed by atoms with Crippen molar-refractivity contribution in [1.82, 2.24) is 0 Å². The summed E-state index contributed by atoms with van der Waals surface area (Å²) in [5, 5.41) is 1.56. The van der Waals surface area contributed by atoms with Crippen LogP contribution in [0.4, 0.5) is 8.78 Å². The van der Waals surface area contributed by atoms with Gasteiger partial charge >= 0.3 is 5.97 Å². The Kier molecular flexibility index (Phi) is 5.41. The first kappa shape index (κ1) is 20.6. The number of rotatable bonds is 4. The number of hydrogen-bond acceptors (Lipinski definition) is 2. The fraction of sp³-hybridized carbons (Fsp3) is 0. The van der Waals surface area contributed by atoms with Gasteiger partial charge in [-0.15, -0.1) is 0 Å². The van der Waals surface area contributed by atoms with Crippen molar-refractivity contribution >= 4 is 16.7 Å². The number of fused-ring (bicyclic) bond motifs is 1. The highest BCUT2D eigenvalue weighted by molar-refractivity contribution is 6.13. The Balaban J connectivity index is 1.80. The second-order valence-electron chi connectivity index (χ2n) is 7.62. The minimum atomic E-state index is -0.580. The summed E-state index contributed by atoms with van der Waals surface area (Å²) in [4.78, 5) is 13.4. The van der Waals surface area contributed by atoms with Crippen molar-refractivity contribution in [3.63, 3.8) is 0 Å². The van der Waals surface area contributed by atoms with Gasteiger partial charge in [-0.3, -0.25) is 0 Å². The third-order valence-corrected chi connectivity index (χ3v) is 5.47. The maximum atomic E-state index is 14.2. The number of halogens is 2. The van der Waals surface area contributed by atoms with Crippen LogP contribution in [0.3, 0.4) is 0 Å². The van der Waals surface area contributed by atoms with Crippen molar-refractivity contribution in [1.29, 1.82) is 0 Å². The van der Waals surface area contributed by atoms with Crippen molar-refractivity contribution in [3.8, 4) is 28.0 Å². The number of carbonyl (C=O) groups is 1. The smallest absolute Gasteiger partial charge is 0.344 e. The van der Waals surface area contributed by atoms with Crippen LogP contribution in [0, 0.1) is 11.6 Å². The maximum Gasteiger partial charge on any atom is 0.344 e. The first-order valence-electron chi connectivity index (χ1n) is 10.4. The molecule has 0 amide bonds. The lowest BCUT2D eigenvalue weighted by Gasteiger charge is -2.17. The summed E-state index contributed by atoms with van der Waals surface area (Å²) in [6.07, 6.45) is 0. The highest BCUT2D eigenvalue weighted by atomic mass is 19.1. The summed E-state index contributed by atoms with van der Waals surface area (Å²) < 4.78 is 33.9. The molecule has 0 aliphatic heterocycles. The van der Waals surface area contributed by atoms with Crippen molar-refractivity contribution in [2.45, 2.75) is 0 Å². The molecule has 5 aromatic carbocycles. The Bertz CT molecular complexity index is 1480. The minimum Gasteiger partial charge on any atom is -0.423 e. The molecule has 0 aromatic heterocycles. The highest BCUT2D eigenvalue weighted by Crippen LogP contribution is 2.39. The van der Waals surface area contributed by atoms with E-state index in [-0.39, 0.29) is 11.4 Å². The predicted molar refractivity (Wildman–Crippen MR) is 126 cm³/mol. The van der Waals surface area contributed by atoms with E-state index in [1.54, 1.807) is 54.6 Å². The summed E-state index contributed by atoms with van der Waals surface area (Å²) in [7, 11) is 0. The lowest BCUT2D eigenvalue weighted by atomic mass is 9.88. The third-order valence-electron chi connectivity index (χ3n) is 5.47. The molecule has 0 aliphatic carbocycles. The van der Waals surface area contributed by atoms with Gasteiger partial charge in [0.1, 0.15) is 17.4 Å². The molecule has 0 heterocycles. The number of benzene rings is 5. The maximum absolute atomic E-state index is 14.2. The molecule has 0 radical (unpaired) electrons. The van der Waals surface area contributed by atoms with E-state index in [4.69, 9.17) is 4.74 Å². The van der Waals surface area contributed by atoms with E-state index in [9.17, 15) is 13.6 Å². The van der Waals surface area contributed by atoms with Gasteiger partial charge in [0.15, 0.2) is 0 Å². The fourth-order valence-corrected chi connectivity index (χ4v) is 4.04. The highest BCUT2D eigenvalue weighted by Gasteiger charge is 2.21. The van der Waals surface area contributed by atoms with Crippen LogP contribution in [-0.2, 0) is 0 Å². The number of ether oxygens (including phenoxy) is 1. The SMILES string of the molecule is O=C(Oc1ccccc1)c1cc(-c2cccc(F)c2)c2ccccc2c1-c1cccc(F)c1. The van der Waals surface area contributed by atoms with Gasteiger partial charge in [0.2, 0.25) is 0 Å². The Hall–Kier alpha value is -4.31. The van der Waals surface area contributed by atoms with E-state index in [0.717, 1.165) is 10.8 Å². The van der Waals surface area contributed by atoms with Crippen molar-refractivity contribution in [2.75, 3.05) is 0 Å². The molecule has 4 heteroatoms. The molecule has 0 spiro atoms. The Morgan fingerprint density at radius 3 is 1.91 bits per heavy atom. The summed E-state index contributed by atoms with van der Waals surface area (Å²) >= 11 is 0. The van der Waals surface area contributed by atoms with Gasteiger partial charge in [-0.1, -0.05) is 66.7 Å². The van der Waals surface area contributed by atoms with Crippen LogP contribution >= 0.6 is 0 Å². The first-order valence-corrected chi connectivity index (χ1v) is 10.4. The normalized spacial score (nSPS) is 10.8. The second-order valence-corrected chi connectivity index (χ2v) is 7.62. The Morgan fingerprint density at radius 1 is 0.606 bits per heavy atom. The molecule has 0 bridgehead atoms. The Labute approximate surface area is 189 Å². The molecule has 0 atom stereocenters. The van der Waals surface area contributed by atoms with Gasteiger partial charge in [-0.05, 0) is 69.9 Å². The van der Waals surface area contributed by atoms with Gasteiger partial charge in [0.05, 0.1) is 5.56 Å². The zero-order valence-corrected chi connectivity index (χ0v) is 17.5. The summed E-state index contributed by atoms with van der Waals surface area (Å²) in [5.74, 6) is -0.968. The van der Waals surface area contributed by atoms with E-state index >= 15 is 0 Å². The third kappa shape index (κ3) is 4.11. The van der Waals surface area contributed by atoms with Gasteiger partial charge in [0.25, 0.3) is 0 Å². The van der Waals surface area contributed by atoms with Gasteiger partial charge in [-0.25, -0.2) is 13.6 Å². The van der Waals surface area contributed by atoms with Gasteiger partial charge < -0.3 is 4.74 Å². The van der Waals surface area contributed by atoms with Gasteiger partial charge in [0, 0.05) is 5.56 Å². The standard InChI is InChI=1S/C29H18F2O2/c30-21-10-6-8-19(16-21)26-18-27(29(32)33-23-12-2-1-3-13-23)28(20-9-7-11-22(31)17-20)25-15-5-4-14-24(25)26/h1-18H. The molecule has 0 saturated heterocycles. The number of hydrogen-bond donors (Lipinski definition) is 0. The van der Waals surface area contributed by atoms with Crippen LogP contribution in [0.5, 0.6) is 5.75 Å². The van der Waals surface area contributed by atoms with Crippen LogP contribution < -0.4 is 4.74 Å². The zero-order valence-electron chi connectivity index (χ0n) is 17.5. The average molecular weight is 436 g/mol. The minimum absolute atomic E-state index is 0.266. The van der Waals surface area contributed by atoms with Crippen LogP contribution in [0.1, 0.15) is 10.4 Å². The van der Waals surface area contributed by atoms with E-state index in [0.29, 0.717) is 28.0 Å². The van der Waals surface area contributed by atoms with Crippen LogP contribution in [-0.4, -0.2) is 5.97 Å². The molecule has 5 rings (SSSR count). The molecular formula is C29H18F2O2. The average Bonchev–Trinajstić information content (AvgIpc) is 2.83. The number of esters is 1. The molecule has 33 heavy (non-hydrogen) atoms. The van der Waals surface area contributed by atoms with Crippen molar-refractivity contribution in [2.24, 2.45) is 0 Å². The molecule has 0 N–H and O–H groups in total. The lowest BCUT2D eigenvalue weighted by molar-refractivity contribution is 0.0735. The molecule has 2 nitrogen and oxygen atoms in total. The molecule has 160 valence electrons.